The molecule has 1 saturated heterocycles. The van der Waals surface area contributed by atoms with Gasteiger partial charge in [-0.15, -0.1) is 0 Å². The van der Waals surface area contributed by atoms with Crippen LogP contribution in [0.1, 0.15) is 37.6 Å². The fraction of sp³-hybridized carbons (Fsp3) is 0.533. The summed E-state index contributed by atoms with van der Waals surface area (Å²) in [5.74, 6) is -0.0249. The molecular formula is C15H21NO3S. The Morgan fingerprint density at radius 1 is 1.25 bits per heavy atom. The summed E-state index contributed by atoms with van der Waals surface area (Å²) >= 11 is 0. The topological polar surface area (TPSA) is 54.5 Å². The third-order valence-electron chi connectivity index (χ3n) is 3.77. The third kappa shape index (κ3) is 3.03. The fourth-order valence-corrected chi connectivity index (χ4v) is 3.50. The minimum Gasteiger partial charge on any atom is -0.335 e. The first-order chi connectivity index (χ1) is 9.10. The number of rotatable bonds is 2. The smallest absolute Gasteiger partial charge is 0.254 e. The van der Waals surface area contributed by atoms with Gasteiger partial charge in [0.05, 0.1) is 4.90 Å². The Morgan fingerprint density at radius 2 is 1.80 bits per heavy atom. The molecule has 0 radical (unpaired) electrons. The minimum atomic E-state index is -3.22. The number of hydrogen-bond donors (Lipinski definition) is 0. The predicted molar refractivity (Wildman–Crippen MR) is 78.4 cm³/mol. The van der Waals surface area contributed by atoms with E-state index in [-0.39, 0.29) is 22.3 Å². The molecule has 4 nitrogen and oxygen atoms in total. The van der Waals surface area contributed by atoms with E-state index in [1.54, 1.807) is 12.1 Å². The summed E-state index contributed by atoms with van der Waals surface area (Å²) < 4.78 is 22.8. The molecule has 0 bridgehead atoms. The zero-order valence-electron chi connectivity index (χ0n) is 12.4. The Labute approximate surface area is 120 Å². The van der Waals surface area contributed by atoms with E-state index in [4.69, 9.17) is 0 Å². The van der Waals surface area contributed by atoms with Gasteiger partial charge in [-0.1, -0.05) is 13.8 Å². The maximum Gasteiger partial charge on any atom is 0.254 e. The average molecular weight is 295 g/mol. The molecule has 2 rings (SSSR count). The van der Waals surface area contributed by atoms with Crippen molar-refractivity contribution in [3.05, 3.63) is 29.8 Å². The number of benzene rings is 1. The van der Waals surface area contributed by atoms with Gasteiger partial charge in [-0.05, 0) is 43.0 Å². The Kier molecular flexibility index (Phi) is 3.67. The van der Waals surface area contributed by atoms with Crippen LogP contribution in [0.4, 0.5) is 0 Å². The molecule has 1 heterocycles. The predicted octanol–water partition coefficient (Wildman–Crippen LogP) is 2.35. The van der Waals surface area contributed by atoms with Crippen molar-refractivity contribution in [1.82, 2.24) is 4.90 Å². The van der Waals surface area contributed by atoms with E-state index in [0.717, 1.165) is 19.2 Å². The van der Waals surface area contributed by atoms with Crippen molar-refractivity contribution in [3.8, 4) is 0 Å². The number of hydrogen-bond acceptors (Lipinski definition) is 3. The van der Waals surface area contributed by atoms with Crippen molar-refractivity contribution in [2.24, 2.45) is 5.41 Å². The maximum absolute atomic E-state index is 12.5. The van der Waals surface area contributed by atoms with Gasteiger partial charge >= 0.3 is 0 Å². The Bertz CT molecular complexity index is 617. The number of carbonyl (C=O) groups is 1. The lowest BCUT2D eigenvalue weighted by Gasteiger charge is -2.22. The van der Waals surface area contributed by atoms with Crippen molar-refractivity contribution in [2.45, 2.75) is 38.1 Å². The molecule has 1 aliphatic heterocycles. The van der Waals surface area contributed by atoms with Crippen molar-refractivity contribution in [1.29, 1.82) is 0 Å². The van der Waals surface area contributed by atoms with Crippen LogP contribution in [0.3, 0.4) is 0 Å². The van der Waals surface area contributed by atoms with E-state index in [1.807, 2.05) is 4.90 Å². The highest BCUT2D eigenvalue weighted by molar-refractivity contribution is 7.90. The SMILES string of the molecule is CC1CC(C)(C)CN1C(=O)c1ccc(S(C)(=O)=O)cc1. The molecule has 110 valence electrons. The van der Waals surface area contributed by atoms with Gasteiger partial charge < -0.3 is 4.90 Å². The Balaban J connectivity index is 2.23. The van der Waals surface area contributed by atoms with E-state index in [0.29, 0.717) is 5.56 Å². The van der Waals surface area contributed by atoms with Gasteiger partial charge in [0.25, 0.3) is 5.91 Å². The van der Waals surface area contributed by atoms with E-state index in [1.165, 1.54) is 12.1 Å². The molecule has 0 aromatic heterocycles. The molecule has 1 aromatic rings. The number of nitrogens with zero attached hydrogens (tertiary/aromatic N) is 1. The Morgan fingerprint density at radius 3 is 2.20 bits per heavy atom. The normalized spacial score (nSPS) is 22.0. The summed E-state index contributed by atoms with van der Waals surface area (Å²) in [5.41, 5.74) is 0.684. The van der Waals surface area contributed by atoms with E-state index in [2.05, 4.69) is 20.8 Å². The highest BCUT2D eigenvalue weighted by atomic mass is 32.2. The van der Waals surface area contributed by atoms with E-state index >= 15 is 0 Å². The fourth-order valence-electron chi connectivity index (χ4n) is 2.87. The second-order valence-electron chi connectivity index (χ2n) is 6.45. The maximum atomic E-state index is 12.5. The summed E-state index contributed by atoms with van der Waals surface area (Å²) in [6, 6.07) is 6.39. The van der Waals surface area contributed by atoms with Gasteiger partial charge in [-0.25, -0.2) is 8.42 Å². The van der Waals surface area contributed by atoms with Gasteiger partial charge in [0, 0.05) is 24.4 Å². The summed E-state index contributed by atoms with van der Waals surface area (Å²) in [4.78, 5) is 14.6. The van der Waals surface area contributed by atoms with Crippen LogP contribution in [0.15, 0.2) is 29.2 Å². The largest absolute Gasteiger partial charge is 0.335 e. The zero-order chi connectivity index (χ0) is 15.1. The summed E-state index contributed by atoms with van der Waals surface area (Å²) in [7, 11) is -3.22. The molecule has 1 aliphatic rings. The minimum absolute atomic E-state index is 0.0249. The first-order valence-electron chi connectivity index (χ1n) is 6.71. The molecule has 5 heteroatoms. The zero-order valence-corrected chi connectivity index (χ0v) is 13.2. The first-order valence-corrected chi connectivity index (χ1v) is 8.60. The van der Waals surface area contributed by atoms with Crippen LogP contribution in [0.5, 0.6) is 0 Å². The highest BCUT2D eigenvalue weighted by Crippen LogP contribution is 2.34. The second kappa shape index (κ2) is 4.88. The standard InChI is InChI=1S/C15H21NO3S/c1-11-9-15(2,3)10-16(11)14(17)12-5-7-13(8-6-12)20(4,18)19/h5-8,11H,9-10H2,1-4H3. The first kappa shape index (κ1) is 15.0. The molecule has 1 aromatic carbocycles. The van der Waals surface area contributed by atoms with E-state index in [9.17, 15) is 13.2 Å². The number of likely N-dealkylation sites (tertiary alicyclic amines) is 1. The lowest BCUT2D eigenvalue weighted by atomic mass is 9.91. The summed E-state index contributed by atoms with van der Waals surface area (Å²) in [6.45, 7) is 7.10. The van der Waals surface area contributed by atoms with Gasteiger partial charge in [0.15, 0.2) is 9.84 Å². The Hall–Kier alpha value is -1.36. The molecule has 1 amide bonds. The molecule has 1 fully saturated rings. The quantitative estimate of drug-likeness (QED) is 0.841. The molecule has 0 aliphatic carbocycles. The van der Waals surface area contributed by atoms with Gasteiger partial charge in [-0.2, -0.15) is 0 Å². The van der Waals surface area contributed by atoms with Crippen LogP contribution in [-0.4, -0.2) is 38.1 Å². The van der Waals surface area contributed by atoms with Gasteiger partial charge in [0.1, 0.15) is 0 Å². The number of amides is 1. The number of carbonyl (C=O) groups excluding carboxylic acids is 1. The molecule has 0 N–H and O–H groups in total. The molecule has 20 heavy (non-hydrogen) atoms. The monoisotopic (exact) mass is 295 g/mol. The lowest BCUT2D eigenvalue weighted by molar-refractivity contribution is 0.0736. The van der Waals surface area contributed by atoms with Crippen LogP contribution in [0.25, 0.3) is 0 Å². The molecule has 1 atom stereocenters. The van der Waals surface area contributed by atoms with Crippen molar-refractivity contribution < 1.29 is 13.2 Å². The summed E-state index contributed by atoms with van der Waals surface area (Å²) in [6.07, 6.45) is 2.15. The summed E-state index contributed by atoms with van der Waals surface area (Å²) in [5, 5.41) is 0. The number of sulfone groups is 1. The molecule has 0 spiro atoms. The lowest BCUT2D eigenvalue weighted by Crippen LogP contribution is -2.34. The van der Waals surface area contributed by atoms with Crippen molar-refractivity contribution >= 4 is 15.7 Å². The van der Waals surface area contributed by atoms with Gasteiger partial charge in [-0.3, -0.25) is 4.79 Å². The van der Waals surface area contributed by atoms with Crippen molar-refractivity contribution in [3.63, 3.8) is 0 Å². The second-order valence-corrected chi connectivity index (χ2v) is 8.46. The average Bonchev–Trinajstić information content (AvgIpc) is 2.61. The molecular weight excluding hydrogens is 274 g/mol. The highest BCUT2D eigenvalue weighted by Gasteiger charge is 2.37. The molecule has 1 unspecified atom stereocenters. The van der Waals surface area contributed by atoms with Crippen LogP contribution in [0, 0.1) is 5.41 Å². The van der Waals surface area contributed by atoms with Crippen LogP contribution in [-0.2, 0) is 9.84 Å². The van der Waals surface area contributed by atoms with Gasteiger partial charge in [0.2, 0.25) is 0 Å². The van der Waals surface area contributed by atoms with Crippen LogP contribution >= 0.6 is 0 Å². The van der Waals surface area contributed by atoms with Crippen molar-refractivity contribution in [2.75, 3.05) is 12.8 Å². The molecule has 0 saturated carbocycles. The van der Waals surface area contributed by atoms with E-state index < -0.39 is 9.84 Å². The van der Waals surface area contributed by atoms with Crippen LogP contribution < -0.4 is 0 Å². The van der Waals surface area contributed by atoms with Crippen LogP contribution in [0.2, 0.25) is 0 Å². The third-order valence-corrected chi connectivity index (χ3v) is 4.90.